The standard InChI is InChI=1S/C21H19BrN6O2/c1-11-3-8-15-12(2)23-20(25-16(15)9-11)28-21-26-17(10-18(29)27-21)19(30)24-14-6-4-13(22)5-7-14/h3-9,17H,10H2,1-2H3,(H,24,30)(H2,23,25,26,27,28,29)/p+1/t17-/m1/s1. The van der Waals surface area contributed by atoms with Gasteiger partial charge in [0.15, 0.2) is 6.04 Å². The van der Waals surface area contributed by atoms with Crippen molar-refractivity contribution in [1.29, 1.82) is 0 Å². The Morgan fingerprint density at radius 1 is 1.17 bits per heavy atom. The average Bonchev–Trinajstić information content (AvgIpc) is 2.69. The molecule has 1 atom stereocenters. The van der Waals surface area contributed by atoms with Crippen LogP contribution in [0.4, 0.5) is 11.6 Å². The summed E-state index contributed by atoms with van der Waals surface area (Å²) in [4.78, 5) is 36.8. The molecule has 4 rings (SSSR count). The highest BCUT2D eigenvalue weighted by Crippen LogP contribution is 2.18. The molecule has 8 nitrogen and oxygen atoms in total. The van der Waals surface area contributed by atoms with E-state index < -0.39 is 6.04 Å². The topological polar surface area (TPSA) is 110 Å². The quantitative estimate of drug-likeness (QED) is 0.465. The lowest BCUT2D eigenvalue weighted by molar-refractivity contribution is -0.490. The van der Waals surface area contributed by atoms with E-state index in [-0.39, 0.29) is 24.2 Å². The molecule has 0 saturated carbocycles. The summed E-state index contributed by atoms with van der Waals surface area (Å²) in [6.45, 7) is 3.90. The molecule has 0 fully saturated rings. The second-order valence-electron chi connectivity index (χ2n) is 7.10. The lowest BCUT2D eigenvalue weighted by Crippen LogP contribution is -2.89. The number of carbonyl (C=O) groups is 2. The van der Waals surface area contributed by atoms with Crippen LogP contribution in [0.5, 0.6) is 0 Å². The molecule has 1 aromatic heterocycles. The Morgan fingerprint density at radius 2 is 1.93 bits per heavy atom. The summed E-state index contributed by atoms with van der Waals surface area (Å²) >= 11 is 3.36. The Labute approximate surface area is 181 Å². The van der Waals surface area contributed by atoms with E-state index in [0.29, 0.717) is 11.6 Å². The van der Waals surface area contributed by atoms with E-state index in [1.54, 1.807) is 12.1 Å². The monoisotopic (exact) mass is 467 g/mol. The first-order valence-electron chi connectivity index (χ1n) is 9.39. The number of carbonyl (C=O) groups excluding carboxylic acids is 2. The van der Waals surface area contributed by atoms with Gasteiger partial charge in [0.2, 0.25) is 0 Å². The summed E-state index contributed by atoms with van der Waals surface area (Å²) in [6.07, 6.45) is 0.0182. The minimum atomic E-state index is -0.728. The first kappa shape index (κ1) is 20.0. The lowest BCUT2D eigenvalue weighted by atomic mass is 10.1. The summed E-state index contributed by atoms with van der Waals surface area (Å²) < 4.78 is 0.913. The van der Waals surface area contributed by atoms with Gasteiger partial charge in [-0.15, -0.1) is 0 Å². The number of nitrogens with zero attached hydrogens (tertiary/aromatic N) is 2. The van der Waals surface area contributed by atoms with Gasteiger partial charge in [-0.05, 0) is 49.7 Å². The third kappa shape index (κ3) is 4.46. The van der Waals surface area contributed by atoms with E-state index in [4.69, 9.17) is 0 Å². The summed E-state index contributed by atoms with van der Waals surface area (Å²) in [6, 6.07) is 12.5. The van der Waals surface area contributed by atoms with Gasteiger partial charge in [0.25, 0.3) is 17.8 Å². The van der Waals surface area contributed by atoms with Gasteiger partial charge >= 0.3 is 5.96 Å². The summed E-state index contributed by atoms with van der Waals surface area (Å²) in [7, 11) is 0. The van der Waals surface area contributed by atoms with Gasteiger partial charge in [0.05, 0.1) is 17.6 Å². The van der Waals surface area contributed by atoms with Gasteiger partial charge in [-0.3, -0.25) is 14.6 Å². The van der Waals surface area contributed by atoms with Crippen LogP contribution in [-0.2, 0) is 9.59 Å². The highest BCUT2D eigenvalue weighted by Gasteiger charge is 2.31. The molecule has 30 heavy (non-hydrogen) atoms. The fourth-order valence-electron chi connectivity index (χ4n) is 3.19. The number of amides is 2. The van der Waals surface area contributed by atoms with E-state index in [9.17, 15) is 9.59 Å². The first-order valence-corrected chi connectivity index (χ1v) is 10.2. The van der Waals surface area contributed by atoms with Crippen LogP contribution in [-0.4, -0.2) is 33.8 Å². The smallest absolute Gasteiger partial charge is 0.323 e. The predicted molar refractivity (Wildman–Crippen MR) is 118 cm³/mol. The van der Waals surface area contributed by atoms with Crippen LogP contribution in [0.15, 0.2) is 46.9 Å². The Kier molecular flexibility index (Phi) is 5.45. The number of hydrogen-bond donors (Lipinski definition) is 4. The zero-order valence-electron chi connectivity index (χ0n) is 16.4. The Morgan fingerprint density at radius 3 is 2.70 bits per heavy atom. The van der Waals surface area contributed by atoms with Crippen molar-refractivity contribution in [3.63, 3.8) is 0 Å². The Hall–Kier alpha value is -3.33. The maximum atomic E-state index is 12.6. The average molecular weight is 468 g/mol. The van der Waals surface area contributed by atoms with Crippen molar-refractivity contribution in [1.82, 2.24) is 15.3 Å². The largest absolute Gasteiger partial charge is 0.358 e. The molecule has 9 heteroatoms. The Balaban J connectivity index is 1.55. The molecule has 1 aliphatic rings. The number of benzene rings is 2. The van der Waals surface area contributed by atoms with E-state index in [0.717, 1.165) is 26.6 Å². The van der Waals surface area contributed by atoms with Crippen molar-refractivity contribution >= 4 is 56.2 Å². The number of anilines is 2. The highest BCUT2D eigenvalue weighted by molar-refractivity contribution is 9.10. The third-order valence-corrected chi connectivity index (χ3v) is 5.21. The Bertz CT molecular complexity index is 1180. The van der Waals surface area contributed by atoms with Crippen molar-refractivity contribution in [2.24, 2.45) is 0 Å². The van der Waals surface area contributed by atoms with Crippen molar-refractivity contribution < 1.29 is 14.6 Å². The first-order chi connectivity index (χ1) is 14.4. The fourth-order valence-corrected chi connectivity index (χ4v) is 3.46. The minimum Gasteiger partial charge on any atom is -0.323 e. The van der Waals surface area contributed by atoms with E-state index >= 15 is 0 Å². The molecule has 0 saturated heterocycles. The van der Waals surface area contributed by atoms with Crippen molar-refractivity contribution in [2.45, 2.75) is 26.3 Å². The summed E-state index contributed by atoms with van der Waals surface area (Å²) in [5, 5.41) is 9.44. The van der Waals surface area contributed by atoms with Gasteiger partial charge < -0.3 is 5.32 Å². The van der Waals surface area contributed by atoms with Crippen molar-refractivity contribution in [2.75, 3.05) is 10.6 Å². The molecule has 0 bridgehead atoms. The van der Waals surface area contributed by atoms with Crippen molar-refractivity contribution in [3.05, 3.63) is 58.2 Å². The fraction of sp³-hybridized carbons (Fsp3) is 0.190. The number of halogens is 1. The second-order valence-corrected chi connectivity index (χ2v) is 8.01. The van der Waals surface area contributed by atoms with Gasteiger partial charge in [-0.1, -0.05) is 28.1 Å². The molecular weight excluding hydrogens is 448 g/mol. The number of fused-ring (bicyclic) bond motifs is 1. The molecule has 1 aliphatic heterocycles. The molecular formula is C21H20BrN6O2+. The van der Waals surface area contributed by atoms with E-state index in [2.05, 4.69) is 46.8 Å². The van der Waals surface area contributed by atoms with E-state index in [1.807, 2.05) is 44.2 Å². The molecule has 152 valence electrons. The molecule has 0 radical (unpaired) electrons. The van der Waals surface area contributed by atoms with Crippen molar-refractivity contribution in [3.8, 4) is 0 Å². The molecule has 0 aliphatic carbocycles. The van der Waals surface area contributed by atoms with Crippen LogP contribution in [0.3, 0.4) is 0 Å². The predicted octanol–water partition coefficient (Wildman–Crippen LogP) is 1.38. The van der Waals surface area contributed by atoms with Crippen LogP contribution in [0, 0.1) is 13.8 Å². The number of hydrogen-bond acceptors (Lipinski definition) is 5. The zero-order valence-corrected chi connectivity index (χ0v) is 18.0. The van der Waals surface area contributed by atoms with E-state index in [1.165, 1.54) is 0 Å². The zero-order chi connectivity index (χ0) is 21.3. The SMILES string of the molecule is Cc1ccc2c(C)nc(NC3=[NH+][C@@H](C(=O)Nc4ccc(Br)cc4)CC(=O)N3)nc2c1. The van der Waals surface area contributed by atoms with Crippen LogP contribution in [0.1, 0.15) is 17.7 Å². The minimum absolute atomic E-state index is 0.0182. The van der Waals surface area contributed by atoms with Gasteiger partial charge in [-0.2, -0.15) is 4.98 Å². The normalized spacial score (nSPS) is 16.0. The maximum absolute atomic E-state index is 12.6. The maximum Gasteiger partial charge on any atom is 0.358 e. The van der Waals surface area contributed by atoms with Crippen LogP contribution < -0.4 is 20.9 Å². The second kappa shape index (κ2) is 8.19. The van der Waals surface area contributed by atoms with Crippen LogP contribution in [0.2, 0.25) is 0 Å². The van der Waals surface area contributed by atoms with Gasteiger partial charge in [0.1, 0.15) is 0 Å². The van der Waals surface area contributed by atoms with Gasteiger partial charge in [0, 0.05) is 15.5 Å². The molecule has 2 heterocycles. The van der Waals surface area contributed by atoms with Crippen LogP contribution >= 0.6 is 15.9 Å². The summed E-state index contributed by atoms with van der Waals surface area (Å²) in [5.74, 6) is 0.0225. The number of aryl methyl sites for hydroxylation is 2. The van der Waals surface area contributed by atoms with Crippen LogP contribution in [0.25, 0.3) is 10.9 Å². The number of rotatable bonds is 3. The molecule has 3 aromatic rings. The number of nitrogens with one attached hydrogen (secondary N) is 4. The molecule has 4 N–H and O–H groups in total. The molecule has 2 amide bonds. The highest BCUT2D eigenvalue weighted by atomic mass is 79.9. The lowest BCUT2D eigenvalue weighted by Gasteiger charge is -2.17. The number of guanidine groups is 1. The molecule has 0 unspecified atom stereocenters. The van der Waals surface area contributed by atoms with Gasteiger partial charge in [-0.25, -0.2) is 15.6 Å². The summed E-state index contributed by atoms with van der Waals surface area (Å²) in [5.41, 5.74) is 3.36. The number of aromatic nitrogens is 2. The third-order valence-electron chi connectivity index (χ3n) is 4.68. The molecule has 2 aromatic carbocycles. The molecule has 0 spiro atoms.